The van der Waals surface area contributed by atoms with Crippen LogP contribution in [0.15, 0.2) is 48.5 Å². The van der Waals surface area contributed by atoms with Gasteiger partial charge >= 0.3 is 0 Å². The smallest absolute Gasteiger partial charge is 0.224 e. The van der Waals surface area contributed by atoms with E-state index in [2.05, 4.69) is 46.7 Å². The Kier molecular flexibility index (Phi) is 7.42. The lowest BCUT2D eigenvalue weighted by Gasteiger charge is -2.30. The first kappa shape index (κ1) is 21.1. The normalized spacial score (nSPS) is 15.1. The molecule has 0 unspecified atom stereocenters. The maximum Gasteiger partial charge on any atom is 0.224 e. The van der Waals surface area contributed by atoms with Gasteiger partial charge in [0, 0.05) is 25.7 Å². The number of likely N-dealkylation sites (tertiary alicyclic amines) is 1. The van der Waals surface area contributed by atoms with Crippen LogP contribution in [0.25, 0.3) is 0 Å². The topological polar surface area (TPSA) is 61.4 Å². The highest BCUT2D eigenvalue weighted by Gasteiger charge is 2.15. The molecule has 0 aromatic heterocycles. The maximum atomic E-state index is 12.2. The Labute approximate surface area is 173 Å². The lowest BCUT2D eigenvalue weighted by atomic mass is 9.99. The first-order chi connectivity index (χ1) is 14.0. The van der Waals surface area contributed by atoms with Crippen molar-refractivity contribution >= 4 is 17.5 Å². The third kappa shape index (κ3) is 7.02. The molecule has 1 aliphatic heterocycles. The van der Waals surface area contributed by atoms with Gasteiger partial charge in [-0.15, -0.1) is 0 Å². The Bertz CT molecular complexity index is 807. The highest BCUT2D eigenvalue weighted by atomic mass is 16.2. The largest absolute Gasteiger partial charge is 0.352 e. The number of benzene rings is 2. The van der Waals surface area contributed by atoms with Gasteiger partial charge in [0.05, 0.1) is 6.42 Å². The third-order valence-electron chi connectivity index (χ3n) is 5.43. The van der Waals surface area contributed by atoms with Crippen LogP contribution in [0.1, 0.15) is 43.4 Å². The van der Waals surface area contributed by atoms with E-state index >= 15 is 0 Å². The molecule has 0 aliphatic carbocycles. The summed E-state index contributed by atoms with van der Waals surface area (Å²) in [5.74, 6) is 0.739. The Morgan fingerprint density at radius 3 is 2.14 bits per heavy atom. The summed E-state index contributed by atoms with van der Waals surface area (Å²) in [7, 11) is 0. The van der Waals surface area contributed by atoms with E-state index in [0.29, 0.717) is 13.0 Å². The van der Waals surface area contributed by atoms with Crippen LogP contribution in [0, 0.1) is 5.92 Å². The number of anilines is 1. The predicted molar refractivity (Wildman–Crippen MR) is 116 cm³/mol. The zero-order valence-corrected chi connectivity index (χ0v) is 17.4. The van der Waals surface area contributed by atoms with E-state index in [1.54, 1.807) is 0 Å². The summed E-state index contributed by atoms with van der Waals surface area (Å²) >= 11 is 0. The van der Waals surface area contributed by atoms with Gasteiger partial charge in [0.1, 0.15) is 0 Å². The van der Waals surface area contributed by atoms with Crippen LogP contribution in [0.4, 0.5) is 5.69 Å². The second kappa shape index (κ2) is 10.2. The summed E-state index contributed by atoms with van der Waals surface area (Å²) < 4.78 is 0. The molecule has 0 radical (unpaired) electrons. The molecule has 1 aliphatic rings. The predicted octanol–water partition coefficient (Wildman–Crippen LogP) is 3.74. The zero-order chi connectivity index (χ0) is 20.6. The zero-order valence-electron chi connectivity index (χ0n) is 17.4. The molecule has 5 nitrogen and oxygen atoms in total. The van der Waals surface area contributed by atoms with Gasteiger partial charge < -0.3 is 10.6 Å². The molecule has 0 spiro atoms. The minimum Gasteiger partial charge on any atom is -0.352 e. The molecule has 3 rings (SSSR count). The number of hydrogen-bond acceptors (Lipinski definition) is 3. The van der Waals surface area contributed by atoms with Gasteiger partial charge in [0.25, 0.3) is 0 Å². The Hall–Kier alpha value is -2.66. The summed E-state index contributed by atoms with van der Waals surface area (Å²) in [5, 5.41) is 5.70. The Balaban J connectivity index is 1.42. The van der Waals surface area contributed by atoms with E-state index in [9.17, 15) is 9.59 Å². The van der Waals surface area contributed by atoms with Gasteiger partial charge in [-0.05, 0) is 60.7 Å². The Morgan fingerprint density at radius 2 is 1.52 bits per heavy atom. The number of amides is 2. The number of carbonyl (C=O) groups excluding carboxylic acids is 2. The number of piperidine rings is 1. The number of carbonyl (C=O) groups is 2. The monoisotopic (exact) mass is 393 g/mol. The van der Waals surface area contributed by atoms with Gasteiger partial charge in [0.2, 0.25) is 11.8 Å². The number of hydrogen-bond donors (Lipinski definition) is 2. The van der Waals surface area contributed by atoms with Crippen molar-refractivity contribution in [2.45, 2.75) is 46.2 Å². The van der Waals surface area contributed by atoms with Gasteiger partial charge in [-0.1, -0.05) is 43.3 Å². The standard InChI is InChI=1S/C24H31N3O2/c1-18-11-13-27(14-12-18)17-22-5-3-21(4-6-22)16-25-24(29)15-20-7-9-23(10-8-20)26-19(2)28/h3-10,18H,11-17H2,1-2H3,(H,25,29)(H,26,28). The van der Waals surface area contributed by atoms with Crippen molar-refractivity contribution in [1.29, 1.82) is 0 Å². The van der Waals surface area contributed by atoms with Crippen LogP contribution in [0.2, 0.25) is 0 Å². The van der Waals surface area contributed by atoms with E-state index < -0.39 is 0 Å². The fourth-order valence-electron chi connectivity index (χ4n) is 3.60. The molecule has 1 heterocycles. The van der Waals surface area contributed by atoms with Crippen molar-refractivity contribution in [1.82, 2.24) is 10.2 Å². The Morgan fingerprint density at radius 1 is 0.931 bits per heavy atom. The van der Waals surface area contributed by atoms with Crippen LogP contribution in [-0.4, -0.2) is 29.8 Å². The van der Waals surface area contributed by atoms with Crippen molar-refractivity contribution in [2.75, 3.05) is 18.4 Å². The van der Waals surface area contributed by atoms with Crippen molar-refractivity contribution in [3.8, 4) is 0 Å². The van der Waals surface area contributed by atoms with E-state index in [4.69, 9.17) is 0 Å². The average molecular weight is 394 g/mol. The van der Waals surface area contributed by atoms with Crippen LogP contribution >= 0.6 is 0 Å². The van der Waals surface area contributed by atoms with E-state index in [-0.39, 0.29) is 11.8 Å². The van der Waals surface area contributed by atoms with Gasteiger partial charge in [0.15, 0.2) is 0 Å². The van der Waals surface area contributed by atoms with Crippen molar-refractivity contribution in [2.24, 2.45) is 5.92 Å². The lowest BCUT2D eigenvalue weighted by molar-refractivity contribution is -0.120. The van der Waals surface area contributed by atoms with E-state index in [1.165, 1.54) is 38.4 Å². The molecule has 1 saturated heterocycles. The lowest BCUT2D eigenvalue weighted by Crippen LogP contribution is -2.32. The molecular weight excluding hydrogens is 362 g/mol. The molecule has 29 heavy (non-hydrogen) atoms. The molecule has 0 saturated carbocycles. The highest BCUT2D eigenvalue weighted by molar-refractivity contribution is 5.88. The van der Waals surface area contributed by atoms with Crippen molar-refractivity contribution in [3.63, 3.8) is 0 Å². The fraction of sp³-hybridized carbons (Fsp3) is 0.417. The van der Waals surface area contributed by atoms with E-state index in [0.717, 1.165) is 29.3 Å². The molecule has 2 aromatic rings. The van der Waals surface area contributed by atoms with Gasteiger partial charge in [-0.2, -0.15) is 0 Å². The summed E-state index contributed by atoms with van der Waals surface area (Å²) in [4.78, 5) is 25.8. The van der Waals surface area contributed by atoms with Crippen LogP contribution in [-0.2, 0) is 29.1 Å². The fourth-order valence-corrected chi connectivity index (χ4v) is 3.60. The number of nitrogens with zero attached hydrogens (tertiary/aromatic N) is 1. The first-order valence-corrected chi connectivity index (χ1v) is 10.4. The molecule has 154 valence electrons. The molecule has 0 bridgehead atoms. The van der Waals surface area contributed by atoms with Gasteiger partial charge in [-0.3, -0.25) is 14.5 Å². The minimum atomic E-state index is -0.105. The summed E-state index contributed by atoms with van der Waals surface area (Å²) in [6.07, 6.45) is 2.91. The maximum absolute atomic E-state index is 12.2. The third-order valence-corrected chi connectivity index (χ3v) is 5.43. The van der Waals surface area contributed by atoms with Crippen molar-refractivity contribution in [3.05, 3.63) is 65.2 Å². The average Bonchev–Trinajstić information content (AvgIpc) is 2.70. The molecule has 5 heteroatoms. The van der Waals surface area contributed by atoms with E-state index in [1.807, 2.05) is 24.3 Å². The van der Waals surface area contributed by atoms with Crippen LogP contribution in [0.3, 0.4) is 0 Å². The first-order valence-electron chi connectivity index (χ1n) is 10.4. The molecular formula is C24H31N3O2. The molecule has 2 N–H and O–H groups in total. The SMILES string of the molecule is CC(=O)Nc1ccc(CC(=O)NCc2ccc(CN3CCC(C)CC3)cc2)cc1. The quantitative estimate of drug-likeness (QED) is 0.753. The summed E-state index contributed by atoms with van der Waals surface area (Å²) in [6.45, 7) is 7.72. The molecule has 2 aromatic carbocycles. The minimum absolute atomic E-state index is 0.0104. The van der Waals surface area contributed by atoms with Crippen LogP contribution < -0.4 is 10.6 Å². The van der Waals surface area contributed by atoms with Gasteiger partial charge in [-0.25, -0.2) is 0 Å². The second-order valence-corrected chi connectivity index (χ2v) is 8.11. The summed E-state index contributed by atoms with van der Waals surface area (Å²) in [6, 6.07) is 15.9. The number of nitrogens with one attached hydrogen (secondary N) is 2. The summed E-state index contributed by atoms with van der Waals surface area (Å²) in [5.41, 5.74) is 4.09. The van der Waals surface area contributed by atoms with Crippen molar-refractivity contribution < 1.29 is 9.59 Å². The molecule has 0 atom stereocenters. The molecule has 2 amide bonds. The molecule has 1 fully saturated rings. The number of rotatable bonds is 7. The highest BCUT2D eigenvalue weighted by Crippen LogP contribution is 2.18. The second-order valence-electron chi connectivity index (χ2n) is 8.11. The van der Waals surface area contributed by atoms with Crippen LogP contribution in [0.5, 0.6) is 0 Å².